The normalized spacial score (nSPS) is 10.2. The van der Waals surface area contributed by atoms with E-state index < -0.39 is 11.7 Å². The highest BCUT2D eigenvalue weighted by Gasteiger charge is 2.30. The number of nitrogens with zero attached hydrogens (tertiary/aromatic N) is 2. The van der Waals surface area contributed by atoms with E-state index in [0.717, 1.165) is 23.4 Å². The Balaban J connectivity index is 0.000000232. The Morgan fingerprint density at radius 1 is 0.900 bits per heavy atom. The number of nitrogen functional groups attached to an aromatic ring is 1. The molecule has 3 rings (SSSR count). The molecule has 1 aromatic heterocycles. The molecule has 0 atom stereocenters. The standard InChI is InChI=1S/C12H12N6.C8H8F3N/c13-12-15-7-10(8-16-12)5-4-9-2-1-3-11(6-9)17-18-14;1-12-7-4-2-3-6(5-7)8(9,10)11/h1-3,6-8,17-18H,14H2,(H2,13,15,16);2-5,12H,1H3. The average Bonchev–Trinajstić information content (AvgIpc) is 2.74. The van der Waals surface area contributed by atoms with Crippen LogP contribution in [0.3, 0.4) is 0 Å². The van der Waals surface area contributed by atoms with Gasteiger partial charge in [0, 0.05) is 30.7 Å². The van der Waals surface area contributed by atoms with Gasteiger partial charge in [-0.3, -0.25) is 5.84 Å². The van der Waals surface area contributed by atoms with Gasteiger partial charge in [-0.2, -0.15) is 18.7 Å². The van der Waals surface area contributed by atoms with Crippen molar-refractivity contribution in [3.8, 4) is 11.8 Å². The van der Waals surface area contributed by atoms with Gasteiger partial charge in [-0.25, -0.2) is 9.97 Å². The zero-order chi connectivity index (χ0) is 22.0. The molecule has 7 N–H and O–H groups in total. The van der Waals surface area contributed by atoms with Crippen molar-refractivity contribution in [2.24, 2.45) is 5.84 Å². The molecule has 0 aliphatic carbocycles. The third-order valence-electron chi connectivity index (χ3n) is 3.58. The summed E-state index contributed by atoms with van der Waals surface area (Å²) in [5, 5.41) is 2.64. The number of hydrazine groups is 2. The lowest BCUT2D eigenvalue weighted by Crippen LogP contribution is -2.28. The van der Waals surface area contributed by atoms with Gasteiger partial charge in [0.2, 0.25) is 5.95 Å². The van der Waals surface area contributed by atoms with Crippen molar-refractivity contribution in [3.63, 3.8) is 0 Å². The van der Waals surface area contributed by atoms with Gasteiger partial charge in [-0.1, -0.05) is 24.0 Å². The number of aromatic nitrogens is 2. The highest BCUT2D eigenvalue weighted by atomic mass is 19.4. The number of nitrogens with one attached hydrogen (secondary N) is 3. The molecule has 2 aromatic carbocycles. The summed E-state index contributed by atoms with van der Waals surface area (Å²) in [7, 11) is 1.58. The Labute approximate surface area is 171 Å². The molecule has 0 radical (unpaired) electrons. The molecule has 30 heavy (non-hydrogen) atoms. The van der Waals surface area contributed by atoms with Gasteiger partial charge in [0.25, 0.3) is 0 Å². The summed E-state index contributed by atoms with van der Waals surface area (Å²) >= 11 is 0. The minimum Gasteiger partial charge on any atom is -0.388 e. The Morgan fingerprint density at radius 2 is 1.53 bits per heavy atom. The first-order valence-electron chi connectivity index (χ1n) is 8.58. The molecule has 0 bridgehead atoms. The maximum absolute atomic E-state index is 12.1. The van der Waals surface area contributed by atoms with Crippen molar-refractivity contribution in [1.29, 1.82) is 0 Å². The van der Waals surface area contributed by atoms with E-state index in [1.165, 1.54) is 6.07 Å². The molecule has 0 fully saturated rings. The fourth-order valence-corrected chi connectivity index (χ4v) is 2.16. The van der Waals surface area contributed by atoms with E-state index in [2.05, 4.69) is 38.1 Å². The minimum atomic E-state index is -4.26. The number of rotatable bonds is 3. The third kappa shape index (κ3) is 7.31. The summed E-state index contributed by atoms with van der Waals surface area (Å²) in [5.41, 5.74) is 12.7. The van der Waals surface area contributed by atoms with E-state index in [-0.39, 0.29) is 5.95 Å². The number of halogens is 3. The molecular weight excluding hydrogens is 395 g/mol. The van der Waals surface area contributed by atoms with Crippen LogP contribution in [-0.2, 0) is 6.18 Å². The summed E-state index contributed by atoms with van der Waals surface area (Å²) in [6.45, 7) is 0. The van der Waals surface area contributed by atoms with Gasteiger partial charge in [0.05, 0.1) is 16.8 Å². The third-order valence-corrected chi connectivity index (χ3v) is 3.58. The lowest BCUT2D eigenvalue weighted by atomic mass is 10.2. The topological polar surface area (TPSA) is 114 Å². The highest BCUT2D eigenvalue weighted by Crippen LogP contribution is 2.30. The smallest absolute Gasteiger partial charge is 0.388 e. The van der Waals surface area contributed by atoms with E-state index in [9.17, 15) is 13.2 Å². The van der Waals surface area contributed by atoms with Crippen LogP contribution in [0.2, 0.25) is 0 Å². The van der Waals surface area contributed by atoms with Crippen LogP contribution in [0.25, 0.3) is 0 Å². The molecule has 0 aliphatic rings. The van der Waals surface area contributed by atoms with Crippen molar-refractivity contribution in [2.45, 2.75) is 6.18 Å². The summed E-state index contributed by atoms with van der Waals surface area (Å²) in [6, 6.07) is 12.6. The van der Waals surface area contributed by atoms with Gasteiger partial charge < -0.3 is 16.5 Å². The maximum atomic E-state index is 12.1. The molecule has 156 valence electrons. The van der Waals surface area contributed by atoms with Crippen molar-refractivity contribution in [3.05, 3.63) is 77.6 Å². The molecule has 0 aliphatic heterocycles. The van der Waals surface area contributed by atoms with Crippen molar-refractivity contribution in [1.82, 2.24) is 15.5 Å². The van der Waals surface area contributed by atoms with Gasteiger partial charge >= 0.3 is 6.18 Å². The largest absolute Gasteiger partial charge is 0.416 e. The zero-order valence-electron chi connectivity index (χ0n) is 16.0. The average molecular weight is 415 g/mol. The fourth-order valence-electron chi connectivity index (χ4n) is 2.16. The SMILES string of the molecule is CNc1cccc(C(F)(F)F)c1.NNNc1cccc(C#Cc2cnc(N)nc2)c1. The lowest BCUT2D eigenvalue weighted by Gasteiger charge is -2.07. The first kappa shape index (κ1) is 22.5. The number of hydrogen-bond acceptors (Lipinski definition) is 7. The van der Waals surface area contributed by atoms with Gasteiger partial charge in [-0.15, -0.1) is 0 Å². The lowest BCUT2D eigenvalue weighted by molar-refractivity contribution is -0.137. The minimum absolute atomic E-state index is 0.237. The monoisotopic (exact) mass is 415 g/mol. The van der Waals surface area contributed by atoms with Crippen LogP contribution in [-0.4, -0.2) is 17.0 Å². The Kier molecular flexibility index (Phi) is 7.99. The molecular formula is C20H20F3N7. The summed E-state index contributed by atoms with van der Waals surface area (Å²) in [6.07, 6.45) is -1.09. The molecule has 10 heteroatoms. The van der Waals surface area contributed by atoms with Crippen molar-refractivity contribution < 1.29 is 13.2 Å². The predicted octanol–water partition coefficient (Wildman–Crippen LogP) is 3.00. The zero-order valence-corrected chi connectivity index (χ0v) is 16.0. The molecule has 0 amide bonds. The second-order valence-electron chi connectivity index (χ2n) is 5.76. The Morgan fingerprint density at radius 3 is 2.17 bits per heavy atom. The molecule has 0 saturated carbocycles. The molecule has 3 aromatic rings. The first-order valence-corrected chi connectivity index (χ1v) is 8.58. The molecule has 0 spiro atoms. The number of alkyl halides is 3. The van der Waals surface area contributed by atoms with E-state index >= 15 is 0 Å². The number of nitrogens with two attached hydrogens (primary N) is 2. The van der Waals surface area contributed by atoms with Crippen LogP contribution < -0.4 is 27.9 Å². The van der Waals surface area contributed by atoms with E-state index in [1.807, 2.05) is 24.3 Å². The highest BCUT2D eigenvalue weighted by molar-refractivity contribution is 5.51. The quantitative estimate of drug-likeness (QED) is 0.254. The molecule has 7 nitrogen and oxygen atoms in total. The first-order chi connectivity index (χ1) is 14.3. The van der Waals surface area contributed by atoms with Crippen LogP contribution in [0.5, 0.6) is 0 Å². The maximum Gasteiger partial charge on any atom is 0.416 e. The summed E-state index contributed by atoms with van der Waals surface area (Å²) in [4.78, 5) is 7.73. The predicted molar refractivity (Wildman–Crippen MR) is 111 cm³/mol. The number of anilines is 3. The van der Waals surface area contributed by atoms with Gasteiger partial charge in [0.1, 0.15) is 0 Å². The second kappa shape index (κ2) is 10.7. The van der Waals surface area contributed by atoms with Crippen LogP contribution in [0, 0.1) is 11.8 Å². The molecule has 0 unspecified atom stereocenters. The van der Waals surface area contributed by atoms with Gasteiger partial charge in [-0.05, 0) is 36.4 Å². The summed E-state index contributed by atoms with van der Waals surface area (Å²) < 4.78 is 36.2. The summed E-state index contributed by atoms with van der Waals surface area (Å²) in [5.74, 6) is 11.3. The van der Waals surface area contributed by atoms with Crippen molar-refractivity contribution in [2.75, 3.05) is 23.5 Å². The van der Waals surface area contributed by atoms with E-state index in [4.69, 9.17) is 11.6 Å². The Hall–Kier alpha value is -3.81. The number of benzene rings is 2. The van der Waals surface area contributed by atoms with Crippen molar-refractivity contribution >= 4 is 17.3 Å². The van der Waals surface area contributed by atoms with Crippen LogP contribution >= 0.6 is 0 Å². The van der Waals surface area contributed by atoms with Crippen LogP contribution in [0.15, 0.2) is 60.9 Å². The van der Waals surface area contributed by atoms with Gasteiger partial charge in [0.15, 0.2) is 0 Å². The second-order valence-corrected chi connectivity index (χ2v) is 5.76. The van der Waals surface area contributed by atoms with E-state index in [0.29, 0.717) is 11.3 Å². The fraction of sp³-hybridized carbons (Fsp3) is 0.100. The molecule has 1 heterocycles. The molecule has 0 saturated heterocycles. The van der Waals surface area contributed by atoms with Crippen LogP contribution in [0.4, 0.5) is 30.5 Å². The van der Waals surface area contributed by atoms with E-state index in [1.54, 1.807) is 25.5 Å². The van der Waals surface area contributed by atoms with Crippen LogP contribution in [0.1, 0.15) is 16.7 Å². The number of hydrogen-bond donors (Lipinski definition) is 5. The Bertz CT molecular complexity index is 1010.